The van der Waals surface area contributed by atoms with Crippen LogP contribution in [-0.4, -0.2) is 66.2 Å². The highest BCUT2D eigenvalue weighted by atomic mass is 19.3. The van der Waals surface area contributed by atoms with E-state index in [9.17, 15) is 9.59 Å². The Balaban J connectivity index is 0.988. The molecule has 0 saturated carbocycles. The van der Waals surface area contributed by atoms with E-state index in [1.165, 1.54) is 0 Å². The molecule has 8 rings (SSSR count). The molecule has 1 aliphatic carbocycles. The van der Waals surface area contributed by atoms with Crippen molar-refractivity contribution in [1.82, 2.24) is 29.7 Å². The number of imidazole rings is 2. The third-order valence-electron chi connectivity index (χ3n) is 10.4. The van der Waals surface area contributed by atoms with Gasteiger partial charge in [-0.3, -0.25) is 9.80 Å². The molecule has 0 radical (unpaired) electrons. The van der Waals surface area contributed by atoms with Crippen LogP contribution in [0, 0.1) is 0 Å². The van der Waals surface area contributed by atoms with Crippen LogP contribution < -0.4 is 0 Å². The second-order valence-corrected chi connectivity index (χ2v) is 16.7. The average molecular weight is 749 g/mol. The van der Waals surface area contributed by atoms with E-state index in [4.69, 9.17) is 9.47 Å². The van der Waals surface area contributed by atoms with Crippen LogP contribution in [0.3, 0.4) is 0 Å². The number of ether oxygens (including phenoxy) is 2. The first-order chi connectivity index (χ1) is 26.1. The number of H-pyrrole nitrogens is 2. The molecule has 3 aliphatic rings. The molecule has 2 fully saturated rings. The van der Waals surface area contributed by atoms with E-state index < -0.39 is 23.2 Å². The van der Waals surface area contributed by atoms with Gasteiger partial charge >= 0.3 is 12.2 Å². The molecule has 3 aromatic carbocycles. The number of carbonyl (C=O) groups excluding carboxylic acids is 2. The molecule has 2 saturated heterocycles. The van der Waals surface area contributed by atoms with Gasteiger partial charge in [0, 0.05) is 29.8 Å². The Labute approximate surface area is 319 Å². The van der Waals surface area contributed by atoms with E-state index >= 15 is 8.78 Å². The average Bonchev–Trinajstić information content (AvgIpc) is 3.97. The zero-order chi connectivity index (χ0) is 38.9. The molecule has 286 valence electrons. The summed E-state index contributed by atoms with van der Waals surface area (Å²) < 4.78 is 43.8. The number of nitrogens with zero attached hydrogens (tertiary/aromatic N) is 4. The van der Waals surface area contributed by atoms with Crippen molar-refractivity contribution in [1.29, 1.82) is 0 Å². The van der Waals surface area contributed by atoms with Crippen molar-refractivity contribution < 1.29 is 27.8 Å². The Morgan fingerprint density at radius 3 is 1.56 bits per heavy atom. The number of rotatable bonds is 5. The summed E-state index contributed by atoms with van der Waals surface area (Å²) in [7, 11) is 0. The third-order valence-corrected chi connectivity index (χ3v) is 10.4. The molecule has 2 aliphatic heterocycles. The van der Waals surface area contributed by atoms with Crippen molar-refractivity contribution in [2.24, 2.45) is 0 Å². The van der Waals surface area contributed by atoms with E-state index in [1.807, 2.05) is 77.9 Å². The number of nitrogens with one attached hydrogen (secondary N) is 2. The summed E-state index contributed by atoms with van der Waals surface area (Å²) in [6, 6.07) is 17.6. The predicted octanol–water partition coefficient (Wildman–Crippen LogP) is 10.4. The van der Waals surface area contributed by atoms with Gasteiger partial charge in [0.1, 0.15) is 22.9 Å². The number of alkyl halides is 2. The number of hydrogen-bond acceptors (Lipinski definition) is 6. The van der Waals surface area contributed by atoms with Gasteiger partial charge in [0.2, 0.25) is 0 Å². The maximum absolute atomic E-state index is 16.3. The summed E-state index contributed by atoms with van der Waals surface area (Å²) in [6.45, 7) is 12.2. The summed E-state index contributed by atoms with van der Waals surface area (Å²) in [5.74, 6) is -1.90. The number of amides is 2. The Kier molecular flexibility index (Phi) is 8.85. The normalized spacial score (nSPS) is 19.1. The Morgan fingerprint density at radius 1 is 0.655 bits per heavy atom. The van der Waals surface area contributed by atoms with Crippen LogP contribution in [0.1, 0.15) is 102 Å². The van der Waals surface area contributed by atoms with Crippen LogP contribution in [0.4, 0.5) is 18.4 Å². The zero-order valence-electron chi connectivity index (χ0n) is 32.0. The molecule has 0 spiro atoms. The lowest BCUT2D eigenvalue weighted by molar-refractivity contribution is 0.0208. The molecule has 2 aromatic heterocycles. The molecule has 0 bridgehead atoms. The predicted molar refractivity (Wildman–Crippen MR) is 205 cm³/mol. The number of carbonyl (C=O) groups is 2. The van der Waals surface area contributed by atoms with Gasteiger partial charge in [0.25, 0.3) is 5.92 Å². The standard InChI is InChI=1S/C43H46F2N6O4/c1-41(2,3)54-39(52)50-19-7-9-35(50)37-46-23-33(48-37)26-13-11-25(12-14-26)27-15-17-29-30-18-16-28(22-32(30)43(44,45)31(29)21-27)34-24-47-38(49-34)36-10-8-20-51(36)40(53)55-42(4,5)6/h11-18,21-24,35-36H,7-10,19-20H2,1-6H3,(H,46,48)(H,47,49)/t35-,36-/m0/s1. The highest BCUT2D eigenvalue weighted by Crippen LogP contribution is 2.53. The minimum Gasteiger partial charge on any atom is -0.444 e. The maximum atomic E-state index is 16.3. The monoisotopic (exact) mass is 748 g/mol. The Hall–Kier alpha value is -5.52. The van der Waals surface area contributed by atoms with Crippen LogP contribution in [0.25, 0.3) is 44.8 Å². The quantitative estimate of drug-likeness (QED) is 0.185. The zero-order valence-corrected chi connectivity index (χ0v) is 32.0. The Morgan fingerprint density at radius 2 is 1.07 bits per heavy atom. The summed E-state index contributed by atoms with van der Waals surface area (Å²) in [4.78, 5) is 45.0. The molecule has 12 heteroatoms. The highest BCUT2D eigenvalue weighted by Gasteiger charge is 2.45. The first kappa shape index (κ1) is 36.5. The van der Waals surface area contributed by atoms with Gasteiger partial charge in [0.15, 0.2) is 0 Å². The number of fused-ring (bicyclic) bond motifs is 3. The molecule has 2 N–H and O–H groups in total. The van der Waals surface area contributed by atoms with Crippen LogP contribution in [0.2, 0.25) is 0 Å². The number of halogens is 2. The lowest BCUT2D eigenvalue weighted by atomic mass is 9.97. The van der Waals surface area contributed by atoms with E-state index in [0.717, 1.165) is 42.5 Å². The molecule has 4 heterocycles. The fourth-order valence-corrected chi connectivity index (χ4v) is 7.90. The molecular formula is C43H46F2N6O4. The van der Waals surface area contributed by atoms with Gasteiger partial charge in [-0.05, 0) is 107 Å². The SMILES string of the molecule is CC(C)(C)OC(=O)N1CCC[C@H]1c1ncc(-c2ccc(-c3ccc4c(c3)C(F)(F)c3cc(-c5cnc([C@@H]6CCCN6C(=O)OC(C)(C)C)[nH]5)ccc3-4)cc2)[nH]1. The lowest BCUT2D eigenvalue weighted by Gasteiger charge is -2.27. The fourth-order valence-electron chi connectivity index (χ4n) is 7.90. The molecule has 2 amide bonds. The van der Waals surface area contributed by atoms with Crippen LogP contribution in [0.15, 0.2) is 73.1 Å². The fraction of sp³-hybridized carbons (Fsp3) is 0.395. The van der Waals surface area contributed by atoms with Crippen LogP contribution in [0.5, 0.6) is 0 Å². The second kappa shape index (κ2) is 13.3. The van der Waals surface area contributed by atoms with E-state index in [1.54, 1.807) is 46.5 Å². The molecular weight excluding hydrogens is 703 g/mol. The largest absolute Gasteiger partial charge is 0.444 e. The van der Waals surface area contributed by atoms with E-state index in [-0.39, 0.29) is 29.3 Å². The summed E-state index contributed by atoms with van der Waals surface area (Å²) in [5.41, 5.74) is 4.11. The Bertz CT molecular complexity index is 2270. The van der Waals surface area contributed by atoms with Crippen LogP contribution >= 0.6 is 0 Å². The summed E-state index contributed by atoms with van der Waals surface area (Å²) >= 11 is 0. The third kappa shape index (κ3) is 6.98. The summed E-state index contributed by atoms with van der Waals surface area (Å²) in [6.07, 6.45) is 5.87. The van der Waals surface area contributed by atoms with Gasteiger partial charge in [0.05, 0.1) is 35.9 Å². The molecule has 10 nitrogen and oxygen atoms in total. The van der Waals surface area contributed by atoms with E-state index in [0.29, 0.717) is 52.7 Å². The highest BCUT2D eigenvalue weighted by molar-refractivity contribution is 5.84. The topological polar surface area (TPSA) is 116 Å². The molecule has 0 unspecified atom stereocenters. The molecule has 2 atom stereocenters. The van der Waals surface area contributed by atoms with Crippen molar-refractivity contribution in [3.63, 3.8) is 0 Å². The number of aromatic amines is 2. The maximum Gasteiger partial charge on any atom is 0.410 e. The van der Waals surface area contributed by atoms with Gasteiger partial charge in [-0.1, -0.05) is 48.5 Å². The second-order valence-electron chi connectivity index (χ2n) is 16.7. The van der Waals surface area contributed by atoms with Crippen molar-refractivity contribution in [2.75, 3.05) is 13.1 Å². The molecule has 5 aromatic rings. The smallest absolute Gasteiger partial charge is 0.410 e. The minimum atomic E-state index is -3.21. The number of aromatic nitrogens is 4. The first-order valence-electron chi connectivity index (χ1n) is 18.9. The van der Waals surface area contributed by atoms with Crippen molar-refractivity contribution in [3.8, 4) is 44.8 Å². The van der Waals surface area contributed by atoms with Crippen molar-refractivity contribution in [2.45, 2.75) is 96.4 Å². The molecule has 55 heavy (non-hydrogen) atoms. The van der Waals surface area contributed by atoms with E-state index in [2.05, 4.69) is 19.9 Å². The van der Waals surface area contributed by atoms with Gasteiger partial charge < -0.3 is 19.4 Å². The van der Waals surface area contributed by atoms with Gasteiger partial charge in [-0.15, -0.1) is 0 Å². The van der Waals surface area contributed by atoms with Crippen LogP contribution in [-0.2, 0) is 15.4 Å². The lowest BCUT2D eigenvalue weighted by Crippen LogP contribution is -2.36. The number of hydrogen-bond donors (Lipinski definition) is 2. The number of likely N-dealkylation sites (tertiary alicyclic amines) is 2. The summed E-state index contributed by atoms with van der Waals surface area (Å²) in [5, 5.41) is 0. The van der Waals surface area contributed by atoms with Gasteiger partial charge in [-0.25, -0.2) is 19.6 Å². The van der Waals surface area contributed by atoms with Crippen molar-refractivity contribution in [3.05, 3.63) is 95.8 Å². The van der Waals surface area contributed by atoms with Gasteiger partial charge in [-0.2, -0.15) is 8.78 Å². The minimum absolute atomic E-state index is 0.0326. The first-order valence-corrected chi connectivity index (χ1v) is 18.9. The van der Waals surface area contributed by atoms with Crippen molar-refractivity contribution >= 4 is 12.2 Å². The number of benzene rings is 3.